The molecule has 1 aliphatic heterocycles. The highest BCUT2D eigenvalue weighted by Crippen LogP contribution is 2.53. The molecule has 6 rings (SSSR count). The fourth-order valence-electron chi connectivity index (χ4n) is 6.16. The molecule has 2 aliphatic rings. The third kappa shape index (κ3) is 4.60. The summed E-state index contributed by atoms with van der Waals surface area (Å²) >= 11 is 0. The molecule has 1 heterocycles. The minimum Gasteiger partial charge on any atom is -0.355 e. The second-order valence-electron chi connectivity index (χ2n) is 14.2. The Balaban J connectivity index is 1.54. The Morgan fingerprint density at radius 1 is 0.610 bits per heavy atom. The largest absolute Gasteiger partial charge is 0.355 e. The summed E-state index contributed by atoms with van der Waals surface area (Å²) in [6.45, 7) is 19.9. The van der Waals surface area contributed by atoms with E-state index in [2.05, 4.69) is 153 Å². The van der Waals surface area contributed by atoms with Gasteiger partial charge in [-0.3, -0.25) is 0 Å². The molecule has 1 N–H and O–H groups in total. The SMILES string of the molecule is CC(C)(C)c1ccc(Nc2cc3c(cc2C2OC(C)(C)C(C)(C)O2)-c2ccccc2C3(C)C)c(-c2ccccc2)c1. The number of fused-ring (bicyclic) bond motifs is 3. The first-order chi connectivity index (χ1) is 19.2. The Kier molecular flexibility index (Phi) is 6.30. The molecule has 0 saturated carbocycles. The van der Waals surface area contributed by atoms with Crippen LogP contribution in [0.15, 0.2) is 84.9 Å². The molecule has 0 aromatic heterocycles. The van der Waals surface area contributed by atoms with Gasteiger partial charge in [0.1, 0.15) is 0 Å². The van der Waals surface area contributed by atoms with E-state index in [9.17, 15) is 0 Å². The number of hydrogen-bond donors (Lipinski definition) is 1. The molecule has 1 fully saturated rings. The van der Waals surface area contributed by atoms with E-state index in [0.29, 0.717) is 0 Å². The lowest BCUT2D eigenvalue weighted by atomic mass is 9.82. The molecule has 4 aromatic carbocycles. The molecule has 1 aliphatic carbocycles. The van der Waals surface area contributed by atoms with Crippen LogP contribution in [-0.2, 0) is 20.3 Å². The van der Waals surface area contributed by atoms with Gasteiger partial charge in [-0.1, -0.05) is 95.3 Å². The molecule has 3 nitrogen and oxygen atoms in total. The third-order valence-electron chi connectivity index (χ3n) is 9.50. The van der Waals surface area contributed by atoms with Crippen LogP contribution in [0.2, 0.25) is 0 Å². The van der Waals surface area contributed by atoms with E-state index in [-0.39, 0.29) is 10.8 Å². The van der Waals surface area contributed by atoms with E-state index in [4.69, 9.17) is 9.47 Å². The van der Waals surface area contributed by atoms with Gasteiger partial charge in [-0.15, -0.1) is 0 Å². The third-order valence-corrected chi connectivity index (χ3v) is 9.50. The highest BCUT2D eigenvalue weighted by Gasteiger charge is 2.50. The topological polar surface area (TPSA) is 30.5 Å². The van der Waals surface area contributed by atoms with Gasteiger partial charge in [-0.05, 0) is 90.8 Å². The van der Waals surface area contributed by atoms with Gasteiger partial charge in [0.05, 0.1) is 11.2 Å². The summed E-state index contributed by atoms with van der Waals surface area (Å²) in [6, 6.07) is 30.9. The monoisotopic (exact) mass is 545 g/mol. The lowest BCUT2D eigenvalue weighted by molar-refractivity contribution is -0.0890. The number of nitrogens with one attached hydrogen (secondary N) is 1. The predicted molar refractivity (Wildman–Crippen MR) is 171 cm³/mol. The molecule has 0 radical (unpaired) electrons. The van der Waals surface area contributed by atoms with Gasteiger partial charge in [0.2, 0.25) is 0 Å². The summed E-state index contributed by atoms with van der Waals surface area (Å²) in [5.74, 6) is 0. The average Bonchev–Trinajstić information content (AvgIpc) is 3.27. The summed E-state index contributed by atoms with van der Waals surface area (Å²) in [5.41, 5.74) is 11.0. The maximum absolute atomic E-state index is 6.64. The fraction of sp³-hybridized carbons (Fsp3) is 0.368. The van der Waals surface area contributed by atoms with Crippen LogP contribution < -0.4 is 5.32 Å². The molecule has 0 spiro atoms. The van der Waals surface area contributed by atoms with Crippen molar-refractivity contribution in [2.75, 3.05) is 5.32 Å². The molecule has 212 valence electrons. The van der Waals surface area contributed by atoms with Gasteiger partial charge in [0.25, 0.3) is 0 Å². The van der Waals surface area contributed by atoms with Crippen LogP contribution >= 0.6 is 0 Å². The predicted octanol–water partition coefficient (Wildman–Crippen LogP) is 10.3. The molecule has 3 heteroatoms. The maximum Gasteiger partial charge on any atom is 0.187 e. The zero-order valence-electron chi connectivity index (χ0n) is 26.0. The summed E-state index contributed by atoms with van der Waals surface area (Å²) in [4.78, 5) is 0. The second-order valence-corrected chi connectivity index (χ2v) is 14.2. The lowest BCUT2D eigenvalue weighted by Crippen LogP contribution is -2.41. The summed E-state index contributed by atoms with van der Waals surface area (Å²) in [5, 5.41) is 3.88. The molecule has 41 heavy (non-hydrogen) atoms. The zero-order valence-corrected chi connectivity index (χ0v) is 26.0. The Morgan fingerprint density at radius 3 is 1.90 bits per heavy atom. The van der Waals surface area contributed by atoms with Crippen LogP contribution in [0.4, 0.5) is 11.4 Å². The number of anilines is 2. The van der Waals surface area contributed by atoms with Crippen LogP contribution in [-0.4, -0.2) is 11.2 Å². The molecular formula is C38H43NO2. The first-order valence-electron chi connectivity index (χ1n) is 14.8. The van der Waals surface area contributed by atoms with Crippen LogP contribution in [0.1, 0.15) is 90.9 Å². The molecule has 4 aromatic rings. The van der Waals surface area contributed by atoms with Crippen LogP contribution in [0.5, 0.6) is 0 Å². The van der Waals surface area contributed by atoms with E-state index in [1.807, 2.05) is 0 Å². The minimum absolute atomic E-state index is 0.0410. The highest BCUT2D eigenvalue weighted by molar-refractivity contribution is 5.87. The van der Waals surface area contributed by atoms with Crippen molar-refractivity contribution < 1.29 is 9.47 Å². The first-order valence-corrected chi connectivity index (χ1v) is 14.8. The molecule has 1 saturated heterocycles. The van der Waals surface area contributed by atoms with E-state index in [1.54, 1.807) is 0 Å². The van der Waals surface area contributed by atoms with Crippen molar-refractivity contribution in [2.24, 2.45) is 0 Å². The van der Waals surface area contributed by atoms with E-state index < -0.39 is 17.5 Å². The zero-order chi connectivity index (χ0) is 29.4. The van der Waals surface area contributed by atoms with Gasteiger partial charge < -0.3 is 14.8 Å². The Labute approximate surface area is 245 Å². The summed E-state index contributed by atoms with van der Waals surface area (Å²) in [6.07, 6.45) is -0.488. The minimum atomic E-state index is -0.488. The Hall–Kier alpha value is -3.40. The number of rotatable bonds is 4. The van der Waals surface area contributed by atoms with Crippen LogP contribution in [0.25, 0.3) is 22.3 Å². The molecule has 0 amide bonds. The fourth-order valence-corrected chi connectivity index (χ4v) is 6.16. The quantitative estimate of drug-likeness (QED) is 0.277. The van der Waals surface area contributed by atoms with E-state index in [1.165, 1.54) is 38.9 Å². The molecule has 0 unspecified atom stereocenters. The van der Waals surface area contributed by atoms with Crippen molar-refractivity contribution in [3.8, 4) is 22.3 Å². The Bertz CT molecular complexity index is 1610. The van der Waals surface area contributed by atoms with Crippen LogP contribution in [0, 0.1) is 0 Å². The van der Waals surface area contributed by atoms with Crippen molar-refractivity contribution >= 4 is 11.4 Å². The molecule has 0 bridgehead atoms. The van der Waals surface area contributed by atoms with Crippen molar-refractivity contribution in [2.45, 2.75) is 90.6 Å². The van der Waals surface area contributed by atoms with E-state index in [0.717, 1.165) is 16.9 Å². The average molecular weight is 546 g/mol. The van der Waals surface area contributed by atoms with E-state index >= 15 is 0 Å². The Morgan fingerprint density at radius 2 is 1.24 bits per heavy atom. The first kappa shape index (κ1) is 27.8. The normalized spacial score (nSPS) is 18.7. The smallest absolute Gasteiger partial charge is 0.187 e. The summed E-state index contributed by atoms with van der Waals surface area (Å²) in [7, 11) is 0. The highest BCUT2D eigenvalue weighted by atomic mass is 16.7. The number of hydrogen-bond acceptors (Lipinski definition) is 3. The van der Waals surface area contributed by atoms with Crippen molar-refractivity contribution in [1.82, 2.24) is 0 Å². The lowest BCUT2D eigenvalue weighted by Gasteiger charge is -2.30. The number of ether oxygens (including phenoxy) is 2. The molecule has 0 atom stereocenters. The van der Waals surface area contributed by atoms with Crippen LogP contribution in [0.3, 0.4) is 0 Å². The van der Waals surface area contributed by atoms with Gasteiger partial charge in [0, 0.05) is 27.9 Å². The standard InChI is InChI=1S/C38H43NO2/c1-35(2,3)25-19-20-32(27(21-25)24-15-11-10-12-16-24)39-33-23-31-28(26-17-13-14-18-30(26)36(31,4)5)22-29(33)34-40-37(6,7)38(8,9)41-34/h10-23,34,39H,1-9H3. The second kappa shape index (κ2) is 9.31. The number of benzene rings is 4. The van der Waals surface area contributed by atoms with Crippen molar-refractivity contribution in [3.63, 3.8) is 0 Å². The van der Waals surface area contributed by atoms with Crippen molar-refractivity contribution in [3.05, 3.63) is 107 Å². The van der Waals surface area contributed by atoms with Gasteiger partial charge in [-0.25, -0.2) is 0 Å². The van der Waals surface area contributed by atoms with Gasteiger partial charge >= 0.3 is 0 Å². The van der Waals surface area contributed by atoms with Crippen molar-refractivity contribution in [1.29, 1.82) is 0 Å². The van der Waals surface area contributed by atoms with Gasteiger partial charge in [-0.2, -0.15) is 0 Å². The molecular weight excluding hydrogens is 502 g/mol. The summed E-state index contributed by atoms with van der Waals surface area (Å²) < 4.78 is 13.3. The van der Waals surface area contributed by atoms with Gasteiger partial charge in [0.15, 0.2) is 6.29 Å². The maximum atomic E-state index is 6.64.